The van der Waals surface area contributed by atoms with Crippen molar-refractivity contribution in [2.75, 3.05) is 13.2 Å². The zero-order valence-corrected chi connectivity index (χ0v) is 46.8. The first-order chi connectivity index (χ1) is 36.3. The van der Waals surface area contributed by atoms with Crippen LogP contribution in [0.25, 0.3) is 0 Å². The van der Waals surface area contributed by atoms with Gasteiger partial charge in [0.25, 0.3) is 0 Å². The first-order valence-corrected chi connectivity index (χ1v) is 29.8. The van der Waals surface area contributed by atoms with Gasteiger partial charge >= 0.3 is 0 Å². The van der Waals surface area contributed by atoms with E-state index in [1.54, 1.807) is 6.08 Å². The van der Waals surface area contributed by atoms with E-state index in [0.29, 0.717) is 12.8 Å². The van der Waals surface area contributed by atoms with E-state index in [1.807, 2.05) is 6.08 Å². The number of aliphatic hydroxyl groups excluding tert-OH is 5. The van der Waals surface area contributed by atoms with Crippen LogP contribution in [0.2, 0.25) is 0 Å². The average molecular weight is 1030 g/mol. The van der Waals surface area contributed by atoms with Crippen molar-refractivity contribution < 1.29 is 39.8 Å². The summed E-state index contributed by atoms with van der Waals surface area (Å²) < 4.78 is 11.2. The molecule has 0 spiro atoms. The molecule has 1 heterocycles. The van der Waals surface area contributed by atoms with Gasteiger partial charge in [0.05, 0.1) is 25.4 Å². The van der Waals surface area contributed by atoms with E-state index in [1.165, 1.54) is 103 Å². The molecule has 0 radical (unpaired) electrons. The molecule has 1 aliphatic heterocycles. The van der Waals surface area contributed by atoms with Gasteiger partial charge in [-0.3, -0.25) is 4.79 Å². The van der Waals surface area contributed by atoms with Crippen molar-refractivity contribution in [1.82, 2.24) is 5.32 Å². The number of hydrogen-bond acceptors (Lipinski definition) is 8. The van der Waals surface area contributed by atoms with Crippen molar-refractivity contribution in [2.45, 2.75) is 269 Å². The van der Waals surface area contributed by atoms with Gasteiger partial charge in [0.1, 0.15) is 24.4 Å². The zero-order valence-electron chi connectivity index (χ0n) is 46.8. The molecule has 0 aromatic heterocycles. The summed E-state index contributed by atoms with van der Waals surface area (Å²) in [5.41, 5.74) is 0. The summed E-state index contributed by atoms with van der Waals surface area (Å²) in [6.07, 6.45) is 72.7. The minimum atomic E-state index is -1.59. The third-order valence-electron chi connectivity index (χ3n) is 13.2. The molecule has 9 nitrogen and oxygen atoms in total. The molecule has 7 unspecified atom stereocenters. The standard InChI is InChI=1S/C65H109NO8/c1-3-5-7-9-11-13-15-17-19-21-23-25-27-29-31-32-34-36-38-40-42-44-46-48-50-52-54-59(68)58(57-73-65-64(72)63(71)62(70)60(56-67)74-65)66-61(69)55-53-51-49-47-45-43-41-39-37-35-33-30-28-26-24-22-20-18-16-14-12-10-8-6-4-2/h6,8,12,14,18,20,24,26,30,33,36-39,43-46,52,54,58-60,62-65,67-68,70-72H,3-5,7,9-11,13,15-17,19,21-23,25,27-29,31-32,34-35,40-42,47-51,53,55-57H2,1-2H3,(H,66,69)/b8-6-,14-12-,20-18-,26-24-,33-30-,38-36+,39-37-,45-43-,46-44+,54-52+. The van der Waals surface area contributed by atoms with Crippen LogP contribution in [0.4, 0.5) is 0 Å². The van der Waals surface area contributed by atoms with Crippen molar-refractivity contribution in [3.05, 3.63) is 122 Å². The number of aliphatic hydroxyl groups is 5. The van der Waals surface area contributed by atoms with Gasteiger partial charge in [-0.05, 0) is 103 Å². The molecule has 74 heavy (non-hydrogen) atoms. The first-order valence-electron chi connectivity index (χ1n) is 29.8. The SMILES string of the molecule is CC/C=C\C/C=C\C/C=C\C/C=C\C/C=C\C/C=C\C/C=C\CCCCCC(=O)NC(COC1OC(CO)C(O)C(O)C1O)C(O)/C=C/CC/C=C/CC/C=C/CCCCCCCCCCCCCCCCCC. The van der Waals surface area contributed by atoms with E-state index in [2.05, 4.69) is 129 Å². The highest BCUT2D eigenvalue weighted by Gasteiger charge is 2.44. The highest BCUT2D eigenvalue weighted by Crippen LogP contribution is 2.23. The number of rotatable bonds is 49. The third kappa shape index (κ3) is 41.8. The van der Waals surface area contributed by atoms with Gasteiger partial charge in [-0.15, -0.1) is 0 Å². The van der Waals surface area contributed by atoms with Crippen molar-refractivity contribution in [3.8, 4) is 0 Å². The van der Waals surface area contributed by atoms with Crippen LogP contribution >= 0.6 is 0 Å². The second-order valence-corrected chi connectivity index (χ2v) is 20.0. The monoisotopic (exact) mass is 1030 g/mol. The molecule has 7 atom stereocenters. The maximum Gasteiger partial charge on any atom is 0.220 e. The third-order valence-corrected chi connectivity index (χ3v) is 13.2. The van der Waals surface area contributed by atoms with E-state index in [-0.39, 0.29) is 18.9 Å². The molecule has 1 rings (SSSR count). The molecule has 0 saturated carbocycles. The minimum Gasteiger partial charge on any atom is -0.394 e. The number of carbonyl (C=O) groups is 1. The van der Waals surface area contributed by atoms with Crippen LogP contribution in [0.1, 0.15) is 226 Å². The van der Waals surface area contributed by atoms with E-state index < -0.39 is 49.5 Å². The molecular formula is C65H109NO8. The average Bonchev–Trinajstić information content (AvgIpc) is 3.40. The van der Waals surface area contributed by atoms with Crippen LogP contribution in [0.5, 0.6) is 0 Å². The van der Waals surface area contributed by atoms with Crippen molar-refractivity contribution in [1.29, 1.82) is 0 Å². The Balaban J connectivity index is 2.31. The molecule has 9 heteroatoms. The van der Waals surface area contributed by atoms with Crippen molar-refractivity contribution >= 4 is 5.91 Å². The predicted molar refractivity (Wildman–Crippen MR) is 313 cm³/mol. The maximum absolute atomic E-state index is 13.1. The molecular weight excluding hydrogens is 923 g/mol. The Morgan fingerprint density at radius 3 is 1.30 bits per heavy atom. The van der Waals surface area contributed by atoms with Crippen LogP contribution in [0, 0.1) is 0 Å². The van der Waals surface area contributed by atoms with Gasteiger partial charge in [-0.1, -0.05) is 238 Å². The number of amides is 1. The largest absolute Gasteiger partial charge is 0.394 e. The molecule has 1 saturated heterocycles. The number of nitrogens with one attached hydrogen (secondary N) is 1. The fourth-order valence-electron chi connectivity index (χ4n) is 8.58. The Bertz CT molecular complexity index is 1570. The van der Waals surface area contributed by atoms with E-state index in [4.69, 9.17) is 9.47 Å². The summed E-state index contributed by atoms with van der Waals surface area (Å²) >= 11 is 0. The summed E-state index contributed by atoms with van der Waals surface area (Å²) in [6, 6.07) is -0.857. The second kappa shape index (κ2) is 53.0. The lowest BCUT2D eigenvalue weighted by Gasteiger charge is -2.40. The van der Waals surface area contributed by atoms with Crippen LogP contribution < -0.4 is 5.32 Å². The van der Waals surface area contributed by atoms with E-state index in [0.717, 1.165) is 89.9 Å². The quantitative estimate of drug-likeness (QED) is 0.0261. The number of ether oxygens (including phenoxy) is 2. The predicted octanol–water partition coefficient (Wildman–Crippen LogP) is 15.1. The maximum atomic E-state index is 13.1. The van der Waals surface area contributed by atoms with Gasteiger partial charge in [0.2, 0.25) is 5.91 Å². The van der Waals surface area contributed by atoms with E-state index in [9.17, 15) is 30.3 Å². The van der Waals surface area contributed by atoms with Crippen molar-refractivity contribution in [3.63, 3.8) is 0 Å². The highest BCUT2D eigenvalue weighted by atomic mass is 16.7. The first kappa shape index (κ1) is 68.6. The zero-order chi connectivity index (χ0) is 53.6. The van der Waals surface area contributed by atoms with Gasteiger partial charge in [-0.2, -0.15) is 0 Å². The molecule has 6 N–H and O–H groups in total. The summed E-state index contributed by atoms with van der Waals surface area (Å²) in [5, 5.41) is 54.5. The Morgan fingerprint density at radius 1 is 0.473 bits per heavy atom. The summed E-state index contributed by atoms with van der Waals surface area (Å²) in [4.78, 5) is 13.1. The summed E-state index contributed by atoms with van der Waals surface area (Å²) in [6.45, 7) is 3.62. The molecule has 0 aliphatic carbocycles. The smallest absolute Gasteiger partial charge is 0.220 e. The number of allylic oxidation sites excluding steroid dienone is 19. The van der Waals surface area contributed by atoms with Gasteiger partial charge in [0.15, 0.2) is 6.29 Å². The Labute approximate surface area is 452 Å². The lowest BCUT2D eigenvalue weighted by atomic mass is 9.99. The van der Waals surface area contributed by atoms with Gasteiger partial charge in [-0.25, -0.2) is 0 Å². The molecule has 1 aliphatic rings. The van der Waals surface area contributed by atoms with Crippen molar-refractivity contribution in [2.24, 2.45) is 0 Å². The fraction of sp³-hybridized carbons (Fsp3) is 0.677. The molecule has 0 aromatic rings. The second-order valence-electron chi connectivity index (χ2n) is 20.0. The Hall–Kier alpha value is -3.41. The summed E-state index contributed by atoms with van der Waals surface area (Å²) in [5.74, 6) is -0.227. The molecule has 0 bridgehead atoms. The normalized spacial score (nSPS) is 19.9. The number of unbranched alkanes of at least 4 members (excludes halogenated alkanes) is 21. The van der Waals surface area contributed by atoms with Crippen LogP contribution in [0.3, 0.4) is 0 Å². The molecule has 1 fully saturated rings. The Kier molecular flexibility index (Phi) is 49.1. The molecule has 422 valence electrons. The van der Waals surface area contributed by atoms with Gasteiger partial charge in [0, 0.05) is 6.42 Å². The van der Waals surface area contributed by atoms with Gasteiger partial charge < -0.3 is 40.3 Å². The molecule has 1 amide bonds. The van der Waals surface area contributed by atoms with Crippen LogP contribution in [-0.2, 0) is 14.3 Å². The minimum absolute atomic E-state index is 0.227. The molecule has 0 aromatic carbocycles. The lowest BCUT2D eigenvalue weighted by Crippen LogP contribution is -2.60. The fourth-order valence-corrected chi connectivity index (χ4v) is 8.58. The Morgan fingerprint density at radius 2 is 0.851 bits per heavy atom. The number of carbonyl (C=O) groups excluding carboxylic acids is 1. The highest BCUT2D eigenvalue weighted by molar-refractivity contribution is 5.76. The van der Waals surface area contributed by atoms with E-state index >= 15 is 0 Å². The topological polar surface area (TPSA) is 149 Å². The lowest BCUT2D eigenvalue weighted by molar-refractivity contribution is -0.302. The van der Waals surface area contributed by atoms with Crippen LogP contribution in [-0.4, -0.2) is 87.5 Å². The van der Waals surface area contributed by atoms with Crippen LogP contribution in [0.15, 0.2) is 122 Å². The number of hydrogen-bond donors (Lipinski definition) is 6. The summed E-state index contributed by atoms with van der Waals surface area (Å²) in [7, 11) is 0.